The van der Waals surface area contributed by atoms with Crippen LogP contribution in [-0.4, -0.2) is 39.4 Å². The van der Waals surface area contributed by atoms with E-state index in [-0.39, 0.29) is 23.0 Å². The molecule has 0 rings (SSSR count). The molecule has 2 atom stereocenters. The van der Waals surface area contributed by atoms with E-state index in [1.807, 2.05) is 31.2 Å². The largest absolute Gasteiger partial charge is 0.410 e. The maximum Gasteiger partial charge on any atom is 0.243 e. The Morgan fingerprint density at radius 2 is 1.53 bits per heavy atom. The Bertz CT molecular complexity index is 752. The van der Waals surface area contributed by atoms with Crippen LogP contribution in [0.1, 0.15) is 34.1 Å². The lowest BCUT2D eigenvalue weighted by molar-refractivity contribution is -0.116. The van der Waals surface area contributed by atoms with Crippen LogP contribution in [0.25, 0.3) is 0 Å². The van der Waals surface area contributed by atoms with E-state index in [2.05, 4.69) is 39.2 Å². The van der Waals surface area contributed by atoms with Crippen molar-refractivity contribution in [3.05, 3.63) is 72.9 Å². The Balaban J connectivity index is 4.54. The molecule has 0 aromatic carbocycles. The Hall–Kier alpha value is -2.57. The average Bonchev–Trinajstić information content (AvgIpc) is 2.71. The molecule has 1 amide bonds. The number of carbonyl (C=O) groups excluding carboxylic acids is 3. The molecule has 0 aliphatic rings. The molecule has 176 valence electrons. The number of amides is 1. The second kappa shape index (κ2) is 16.1. The first-order chi connectivity index (χ1) is 15.0. The molecule has 0 saturated heterocycles. The zero-order valence-electron chi connectivity index (χ0n) is 20.3. The first-order valence-electron chi connectivity index (χ1n) is 10.9. The molecule has 6 heteroatoms. The molecule has 1 N–H and O–H groups in total. The van der Waals surface area contributed by atoms with Crippen LogP contribution in [0.4, 0.5) is 0 Å². The van der Waals surface area contributed by atoms with Crippen LogP contribution in [0, 0.1) is 5.92 Å². The number of aldehydes is 2. The van der Waals surface area contributed by atoms with Gasteiger partial charge in [-0.1, -0.05) is 82.4 Å². The van der Waals surface area contributed by atoms with Gasteiger partial charge in [0.1, 0.15) is 12.6 Å². The van der Waals surface area contributed by atoms with Gasteiger partial charge < -0.3 is 9.74 Å². The summed E-state index contributed by atoms with van der Waals surface area (Å²) in [6.07, 6.45) is 22.8. The standard InChI is InChI=1S/C26H39NO4Si/c1-23(16-11-10-14-20-28)22-27-25(30)19-13-9-7-8-12-17-24(18-15-21-29)31-32(5,6)26(2,3)4/h7-16,18-21,23-24H,17,22H2,1-6H3,(H,27,30)/b9-7+,12-8+,14-10+,16-11+,18-15+,19-13+/t23-,24+/m1/s1. The monoisotopic (exact) mass is 457 g/mol. The molecule has 0 bridgehead atoms. The van der Waals surface area contributed by atoms with Crippen LogP contribution in [0.2, 0.25) is 18.1 Å². The van der Waals surface area contributed by atoms with Gasteiger partial charge in [0.25, 0.3) is 0 Å². The molecule has 0 unspecified atom stereocenters. The van der Waals surface area contributed by atoms with Crippen molar-refractivity contribution in [1.82, 2.24) is 5.32 Å². The van der Waals surface area contributed by atoms with E-state index in [1.165, 1.54) is 18.2 Å². The number of hydrogen-bond acceptors (Lipinski definition) is 4. The Labute approximate surface area is 194 Å². The van der Waals surface area contributed by atoms with E-state index < -0.39 is 8.32 Å². The lowest BCUT2D eigenvalue weighted by Crippen LogP contribution is -2.43. The summed E-state index contributed by atoms with van der Waals surface area (Å²) in [5.41, 5.74) is 0. The van der Waals surface area contributed by atoms with Gasteiger partial charge in [-0.15, -0.1) is 0 Å². The minimum Gasteiger partial charge on any atom is -0.410 e. The summed E-state index contributed by atoms with van der Waals surface area (Å²) in [4.78, 5) is 32.7. The summed E-state index contributed by atoms with van der Waals surface area (Å²) >= 11 is 0. The predicted octanol–water partition coefficient (Wildman–Crippen LogP) is 5.25. The molecule has 0 aromatic heterocycles. The van der Waals surface area contributed by atoms with Gasteiger partial charge in [-0.3, -0.25) is 14.4 Å². The molecule has 0 saturated carbocycles. The molecule has 0 aliphatic carbocycles. The zero-order chi connectivity index (χ0) is 24.5. The lowest BCUT2D eigenvalue weighted by Gasteiger charge is -2.38. The molecule has 0 aliphatic heterocycles. The van der Waals surface area contributed by atoms with Crippen LogP contribution in [0.15, 0.2) is 72.9 Å². The second-order valence-electron chi connectivity index (χ2n) is 8.97. The predicted molar refractivity (Wildman–Crippen MR) is 136 cm³/mol. The van der Waals surface area contributed by atoms with Gasteiger partial charge in [0, 0.05) is 12.6 Å². The van der Waals surface area contributed by atoms with Crippen LogP contribution >= 0.6 is 0 Å². The van der Waals surface area contributed by atoms with Crippen molar-refractivity contribution >= 4 is 26.8 Å². The quantitative estimate of drug-likeness (QED) is 0.167. The van der Waals surface area contributed by atoms with Crippen molar-refractivity contribution in [2.75, 3.05) is 6.54 Å². The molecular weight excluding hydrogens is 418 g/mol. The highest BCUT2D eigenvalue weighted by atomic mass is 28.4. The lowest BCUT2D eigenvalue weighted by atomic mass is 10.1. The molecular formula is C26H39NO4Si. The van der Waals surface area contributed by atoms with E-state index in [0.717, 1.165) is 12.6 Å². The number of rotatable bonds is 14. The van der Waals surface area contributed by atoms with Crippen molar-refractivity contribution in [3.63, 3.8) is 0 Å². The summed E-state index contributed by atoms with van der Waals surface area (Å²) < 4.78 is 6.37. The van der Waals surface area contributed by atoms with Crippen LogP contribution in [0.3, 0.4) is 0 Å². The van der Waals surface area contributed by atoms with Crippen LogP contribution in [0.5, 0.6) is 0 Å². The fraction of sp³-hybridized carbons (Fsp3) is 0.423. The maximum atomic E-state index is 11.8. The first kappa shape index (κ1) is 29.4. The molecule has 0 radical (unpaired) electrons. The van der Waals surface area contributed by atoms with Crippen LogP contribution < -0.4 is 5.32 Å². The number of allylic oxidation sites excluding steroid dienone is 8. The fourth-order valence-electron chi connectivity index (χ4n) is 2.20. The minimum absolute atomic E-state index is 0.0940. The van der Waals surface area contributed by atoms with E-state index in [9.17, 15) is 14.4 Å². The second-order valence-corrected chi connectivity index (χ2v) is 13.7. The Kier molecular flexibility index (Phi) is 14.8. The van der Waals surface area contributed by atoms with Crippen LogP contribution in [-0.2, 0) is 18.8 Å². The van der Waals surface area contributed by atoms with Crippen molar-refractivity contribution in [3.8, 4) is 0 Å². The maximum absolute atomic E-state index is 11.8. The van der Waals surface area contributed by atoms with Gasteiger partial charge in [-0.2, -0.15) is 0 Å². The highest BCUT2D eigenvalue weighted by molar-refractivity contribution is 6.74. The summed E-state index contributed by atoms with van der Waals surface area (Å²) in [5.74, 6) is 0.000950. The molecule has 0 heterocycles. The molecule has 5 nitrogen and oxygen atoms in total. The van der Waals surface area contributed by atoms with Gasteiger partial charge in [-0.05, 0) is 42.6 Å². The third-order valence-corrected chi connectivity index (χ3v) is 9.59. The molecule has 0 spiro atoms. The number of hydrogen-bond donors (Lipinski definition) is 1. The summed E-state index contributed by atoms with van der Waals surface area (Å²) in [6, 6.07) is 0. The molecule has 0 aromatic rings. The van der Waals surface area contributed by atoms with E-state index in [0.29, 0.717) is 13.0 Å². The van der Waals surface area contributed by atoms with E-state index in [4.69, 9.17) is 4.43 Å². The van der Waals surface area contributed by atoms with Crippen molar-refractivity contribution in [2.45, 2.75) is 58.4 Å². The summed E-state index contributed by atoms with van der Waals surface area (Å²) in [5, 5.41) is 2.92. The summed E-state index contributed by atoms with van der Waals surface area (Å²) in [6.45, 7) is 13.4. The average molecular weight is 458 g/mol. The smallest absolute Gasteiger partial charge is 0.243 e. The third kappa shape index (κ3) is 14.4. The van der Waals surface area contributed by atoms with Gasteiger partial charge in [0.15, 0.2) is 8.32 Å². The van der Waals surface area contributed by atoms with E-state index in [1.54, 1.807) is 30.4 Å². The topological polar surface area (TPSA) is 72.5 Å². The van der Waals surface area contributed by atoms with Crippen molar-refractivity contribution in [1.29, 1.82) is 0 Å². The number of nitrogens with one attached hydrogen (secondary N) is 1. The third-order valence-electron chi connectivity index (χ3n) is 5.08. The van der Waals surface area contributed by atoms with Crippen molar-refractivity contribution < 1.29 is 18.8 Å². The number of carbonyl (C=O) groups is 3. The van der Waals surface area contributed by atoms with Gasteiger partial charge >= 0.3 is 0 Å². The normalized spacial score (nSPS) is 15.6. The Morgan fingerprint density at radius 1 is 0.906 bits per heavy atom. The zero-order valence-corrected chi connectivity index (χ0v) is 21.3. The first-order valence-corrected chi connectivity index (χ1v) is 13.8. The molecule has 32 heavy (non-hydrogen) atoms. The van der Waals surface area contributed by atoms with E-state index >= 15 is 0 Å². The highest BCUT2D eigenvalue weighted by Crippen LogP contribution is 2.37. The minimum atomic E-state index is -1.94. The fourth-order valence-corrected chi connectivity index (χ4v) is 3.49. The SMILES string of the molecule is C[C@H](/C=C/C=C/C=O)CNC(=O)/C=C/C=C/C=C/C[C@@H](/C=C/C=O)O[Si](C)(C)C(C)(C)C. The molecule has 0 fully saturated rings. The van der Waals surface area contributed by atoms with Gasteiger partial charge in [0.2, 0.25) is 5.91 Å². The van der Waals surface area contributed by atoms with Crippen molar-refractivity contribution in [2.24, 2.45) is 5.92 Å². The summed E-state index contributed by atoms with van der Waals surface area (Å²) in [7, 11) is -1.94. The highest BCUT2D eigenvalue weighted by Gasteiger charge is 2.38. The van der Waals surface area contributed by atoms with Gasteiger partial charge in [0.05, 0.1) is 6.10 Å². The van der Waals surface area contributed by atoms with Gasteiger partial charge in [-0.25, -0.2) is 0 Å². The Morgan fingerprint density at radius 3 is 2.16 bits per heavy atom.